The molecule has 0 radical (unpaired) electrons. The van der Waals surface area contributed by atoms with Gasteiger partial charge in [-0.15, -0.1) is 0 Å². The van der Waals surface area contributed by atoms with Gasteiger partial charge in [0.15, 0.2) is 0 Å². The van der Waals surface area contributed by atoms with Crippen LogP contribution in [0.1, 0.15) is 47.8 Å². The minimum absolute atomic E-state index is 0.157. The van der Waals surface area contributed by atoms with Crippen molar-refractivity contribution in [2.24, 2.45) is 0 Å². The van der Waals surface area contributed by atoms with Gasteiger partial charge in [-0.25, -0.2) is 0 Å². The molecule has 3 rings (SSSR count). The SMILES string of the molecule is Cc1ccc([C@@H](Cc2ccsc2)NCc2ccc(C#CC(C)(C)O)cc2)nc1. The van der Waals surface area contributed by atoms with Gasteiger partial charge >= 0.3 is 0 Å². The molecule has 0 saturated heterocycles. The second-order valence-corrected chi connectivity index (χ2v) is 8.32. The quantitative estimate of drug-likeness (QED) is 0.602. The molecule has 28 heavy (non-hydrogen) atoms. The van der Waals surface area contributed by atoms with E-state index < -0.39 is 5.60 Å². The summed E-state index contributed by atoms with van der Waals surface area (Å²) < 4.78 is 0. The van der Waals surface area contributed by atoms with Gasteiger partial charge in [-0.2, -0.15) is 11.3 Å². The van der Waals surface area contributed by atoms with Gasteiger partial charge in [0.05, 0.1) is 11.7 Å². The molecule has 2 N–H and O–H groups in total. The van der Waals surface area contributed by atoms with Crippen molar-refractivity contribution < 1.29 is 5.11 Å². The number of benzene rings is 1. The van der Waals surface area contributed by atoms with E-state index in [0.717, 1.165) is 24.2 Å². The van der Waals surface area contributed by atoms with Crippen molar-refractivity contribution in [3.05, 3.63) is 87.4 Å². The average molecular weight is 391 g/mol. The van der Waals surface area contributed by atoms with E-state index in [-0.39, 0.29) is 6.04 Å². The monoisotopic (exact) mass is 390 g/mol. The minimum atomic E-state index is -0.976. The van der Waals surface area contributed by atoms with Crippen molar-refractivity contribution >= 4 is 11.3 Å². The molecule has 0 aliphatic carbocycles. The molecule has 0 saturated carbocycles. The molecule has 3 nitrogen and oxygen atoms in total. The molecular weight excluding hydrogens is 364 g/mol. The molecule has 1 atom stereocenters. The zero-order valence-corrected chi connectivity index (χ0v) is 17.4. The Morgan fingerprint density at radius 1 is 1.11 bits per heavy atom. The van der Waals surface area contributed by atoms with Gasteiger partial charge < -0.3 is 10.4 Å². The average Bonchev–Trinajstić information content (AvgIpc) is 3.18. The van der Waals surface area contributed by atoms with Crippen LogP contribution in [0.3, 0.4) is 0 Å². The van der Waals surface area contributed by atoms with Crippen LogP contribution in [0.15, 0.2) is 59.4 Å². The number of hydrogen-bond donors (Lipinski definition) is 2. The Labute approximate surface area is 171 Å². The zero-order chi connectivity index (χ0) is 20.0. The Hall–Kier alpha value is -2.45. The van der Waals surface area contributed by atoms with Crippen molar-refractivity contribution in [1.29, 1.82) is 0 Å². The number of hydrogen-bond acceptors (Lipinski definition) is 4. The molecule has 3 aromatic rings. The van der Waals surface area contributed by atoms with Gasteiger partial charge in [-0.1, -0.05) is 30.0 Å². The summed E-state index contributed by atoms with van der Waals surface area (Å²) in [5.74, 6) is 5.85. The van der Waals surface area contributed by atoms with E-state index in [1.165, 1.54) is 16.7 Å². The molecule has 0 aliphatic rings. The number of nitrogens with one attached hydrogen (secondary N) is 1. The van der Waals surface area contributed by atoms with Gasteiger partial charge in [-0.05, 0) is 78.9 Å². The predicted octanol–water partition coefficient (Wildman–Crippen LogP) is 4.65. The Bertz CT molecular complexity index is 928. The third kappa shape index (κ3) is 6.31. The topological polar surface area (TPSA) is 45.1 Å². The first-order valence-corrected chi connectivity index (χ1v) is 10.3. The Balaban J connectivity index is 1.69. The molecule has 0 unspecified atom stereocenters. The molecular formula is C24H26N2OS. The highest BCUT2D eigenvalue weighted by atomic mass is 32.1. The molecule has 2 aromatic heterocycles. The lowest BCUT2D eigenvalue weighted by molar-refractivity contribution is 0.143. The summed E-state index contributed by atoms with van der Waals surface area (Å²) in [6, 6.07) is 14.7. The molecule has 0 aliphatic heterocycles. The maximum atomic E-state index is 9.72. The highest BCUT2D eigenvalue weighted by Crippen LogP contribution is 2.19. The third-order valence-electron chi connectivity index (χ3n) is 4.33. The van der Waals surface area contributed by atoms with Crippen LogP contribution >= 0.6 is 11.3 Å². The lowest BCUT2D eigenvalue weighted by Crippen LogP contribution is -2.23. The van der Waals surface area contributed by atoms with Gasteiger partial charge in [0, 0.05) is 18.3 Å². The Morgan fingerprint density at radius 2 is 1.89 bits per heavy atom. The first-order chi connectivity index (χ1) is 13.4. The zero-order valence-electron chi connectivity index (χ0n) is 16.6. The largest absolute Gasteiger partial charge is 0.378 e. The normalized spacial score (nSPS) is 12.3. The highest BCUT2D eigenvalue weighted by molar-refractivity contribution is 7.07. The molecule has 4 heteroatoms. The van der Waals surface area contributed by atoms with Crippen LogP contribution < -0.4 is 5.32 Å². The van der Waals surface area contributed by atoms with Gasteiger partial charge in [0.2, 0.25) is 0 Å². The molecule has 144 valence electrons. The van der Waals surface area contributed by atoms with Crippen LogP contribution in [0.2, 0.25) is 0 Å². The summed E-state index contributed by atoms with van der Waals surface area (Å²) in [4.78, 5) is 4.63. The van der Waals surface area contributed by atoms with Crippen molar-refractivity contribution in [1.82, 2.24) is 10.3 Å². The van der Waals surface area contributed by atoms with E-state index in [9.17, 15) is 5.11 Å². The molecule has 0 fully saturated rings. The molecule has 2 heterocycles. The predicted molar refractivity (Wildman–Crippen MR) is 116 cm³/mol. The van der Waals surface area contributed by atoms with Crippen molar-refractivity contribution in [3.63, 3.8) is 0 Å². The summed E-state index contributed by atoms with van der Waals surface area (Å²) in [7, 11) is 0. The third-order valence-corrected chi connectivity index (χ3v) is 5.06. The van der Waals surface area contributed by atoms with Crippen LogP contribution in [-0.2, 0) is 13.0 Å². The fourth-order valence-corrected chi connectivity index (χ4v) is 3.46. The number of aryl methyl sites for hydroxylation is 1. The number of thiophene rings is 1. The molecule has 0 bridgehead atoms. The number of aromatic nitrogens is 1. The van der Waals surface area contributed by atoms with E-state index in [0.29, 0.717) is 0 Å². The second-order valence-electron chi connectivity index (χ2n) is 7.54. The lowest BCUT2D eigenvalue weighted by atomic mass is 10.0. The van der Waals surface area contributed by atoms with Crippen LogP contribution in [-0.4, -0.2) is 15.7 Å². The van der Waals surface area contributed by atoms with Crippen LogP contribution in [0.25, 0.3) is 0 Å². The summed E-state index contributed by atoms with van der Waals surface area (Å²) >= 11 is 1.72. The van der Waals surface area contributed by atoms with E-state index in [1.54, 1.807) is 25.2 Å². The summed E-state index contributed by atoms with van der Waals surface area (Å²) in [5, 5.41) is 17.7. The molecule has 0 amide bonds. The highest BCUT2D eigenvalue weighted by Gasteiger charge is 2.14. The minimum Gasteiger partial charge on any atom is -0.378 e. The first-order valence-electron chi connectivity index (χ1n) is 9.40. The standard InChI is InChI=1S/C24H26N2OS/c1-18-4-9-22(25-15-18)23(14-21-11-13-28-17-21)26-16-20-7-5-19(6-8-20)10-12-24(2,3)27/h4-9,11,13,15,17,23,26-27H,14,16H2,1-3H3/t23-/m1/s1. The van der Waals surface area contributed by atoms with Gasteiger partial charge in [0.25, 0.3) is 0 Å². The maximum Gasteiger partial charge on any atom is 0.120 e. The number of aliphatic hydroxyl groups is 1. The number of rotatable bonds is 6. The second kappa shape index (κ2) is 9.16. The number of pyridine rings is 1. The molecule has 0 spiro atoms. The van der Waals surface area contributed by atoms with E-state index in [2.05, 4.69) is 70.2 Å². The fraction of sp³-hybridized carbons (Fsp3) is 0.292. The van der Waals surface area contributed by atoms with Gasteiger partial charge in [0.1, 0.15) is 5.60 Å². The summed E-state index contributed by atoms with van der Waals surface area (Å²) in [6.07, 6.45) is 2.84. The first kappa shape index (κ1) is 20.3. The van der Waals surface area contributed by atoms with E-state index >= 15 is 0 Å². The van der Waals surface area contributed by atoms with Crippen molar-refractivity contribution in [2.75, 3.05) is 0 Å². The van der Waals surface area contributed by atoms with Gasteiger partial charge in [-0.3, -0.25) is 4.98 Å². The smallest absolute Gasteiger partial charge is 0.120 e. The Morgan fingerprint density at radius 3 is 2.50 bits per heavy atom. The lowest BCUT2D eigenvalue weighted by Gasteiger charge is -2.18. The fourth-order valence-electron chi connectivity index (χ4n) is 2.78. The van der Waals surface area contributed by atoms with Crippen LogP contribution in [0, 0.1) is 18.8 Å². The maximum absolute atomic E-state index is 9.72. The van der Waals surface area contributed by atoms with E-state index in [4.69, 9.17) is 0 Å². The van der Waals surface area contributed by atoms with Crippen molar-refractivity contribution in [2.45, 2.75) is 45.4 Å². The Kier molecular flexibility index (Phi) is 6.64. The summed E-state index contributed by atoms with van der Waals surface area (Å²) in [6.45, 7) is 6.18. The summed E-state index contributed by atoms with van der Waals surface area (Å²) in [5.41, 5.74) is 4.67. The number of nitrogens with zero attached hydrogens (tertiary/aromatic N) is 1. The van der Waals surface area contributed by atoms with E-state index in [1.807, 2.05) is 18.3 Å². The van der Waals surface area contributed by atoms with Crippen LogP contribution in [0.5, 0.6) is 0 Å². The van der Waals surface area contributed by atoms with Crippen LogP contribution in [0.4, 0.5) is 0 Å². The molecule has 1 aromatic carbocycles. The van der Waals surface area contributed by atoms with Crippen molar-refractivity contribution in [3.8, 4) is 11.8 Å².